The van der Waals surface area contributed by atoms with Crippen LogP contribution in [0.3, 0.4) is 0 Å². The van der Waals surface area contributed by atoms with E-state index < -0.39 is 23.1 Å². The molecule has 1 aromatic heterocycles. The van der Waals surface area contributed by atoms with E-state index in [4.69, 9.17) is 4.84 Å². The van der Waals surface area contributed by atoms with Gasteiger partial charge < -0.3 is 15.3 Å². The van der Waals surface area contributed by atoms with E-state index in [1.165, 1.54) is 0 Å². The van der Waals surface area contributed by atoms with E-state index in [0.29, 0.717) is 4.73 Å². The number of hydrogen-bond donors (Lipinski definition) is 2. The minimum atomic E-state index is -1.09. The van der Waals surface area contributed by atoms with Gasteiger partial charge in [-0.15, -0.1) is 16.5 Å². The number of nitrogens with zero attached hydrogens (tertiary/aromatic N) is 1. The topological polar surface area (TPSA) is 63.5 Å². The van der Waals surface area contributed by atoms with Crippen molar-refractivity contribution >= 4 is 28.2 Å². The highest BCUT2D eigenvalue weighted by atomic mass is 32.2. The summed E-state index contributed by atoms with van der Waals surface area (Å²) in [6.07, 6.45) is 0. The Kier molecular flexibility index (Phi) is 3.76. The van der Waals surface area contributed by atoms with E-state index in [1.54, 1.807) is 12.1 Å². The summed E-state index contributed by atoms with van der Waals surface area (Å²) < 4.78 is 28.6. The van der Waals surface area contributed by atoms with Gasteiger partial charge in [0.25, 0.3) is 0 Å². The summed E-state index contributed by atoms with van der Waals surface area (Å²) in [5.41, 5.74) is 0.207. The number of pyridine rings is 1. The lowest BCUT2D eigenvalue weighted by molar-refractivity contribution is 0.0730. The molecule has 2 N–H and O–H groups in total. The molecule has 0 saturated heterocycles. The smallest absolute Gasteiger partial charge is 0.310 e. The van der Waals surface area contributed by atoms with Crippen LogP contribution in [-0.2, 0) is 6.61 Å². The normalized spacial score (nSPS) is 12.9. The number of nitrogens with one attached hydrogen (secondary N) is 1. The zero-order chi connectivity index (χ0) is 17.6. The Hall–Kier alpha value is -2.74. The first-order chi connectivity index (χ1) is 12.1. The fourth-order valence-corrected chi connectivity index (χ4v) is 3.70. The summed E-state index contributed by atoms with van der Waals surface area (Å²) in [5, 5.41) is 13.4. The van der Waals surface area contributed by atoms with Gasteiger partial charge in [-0.1, -0.05) is 30.3 Å². The van der Waals surface area contributed by atoms with Crippen molar-refractivity contribution in [1.82, 2.24) is 4.73 Å². The van der Waals surface area contributed by atoms with Crippen LogP contribution in [0.5, 0.6) is 5.88 Å². The average Bonchev–Trinajstić information content (AvgIpc) is 2.64. The molecule has 8 heteroatoms. The first-order valence-electron chi connectivity index (χ1n) is 7.41. The standard InChI is InChI=1S/C17H12F2N2O3S/c18-11-6-10-12-14(20-8-25-15(12)13(11)19)17(23)21(16(10)22)24-7-9-4-2-1-3-5-9/h1-6,20,22H,7-8H2. The number of anilines is 1. The summed E-state index contributed by atoms with van der Waals surface area (Å²) in [7, 11) is 0. The van der Waals surface area contributed by atoms with Crippen LogP contribution in [0.1, 0.15) is 5.56 Å². The van der Waals surface area contributed by atoms with Crippen molar-refractivity contribution in [3.05, 3.63) is 63.9 Å². The van der Waals surface area contributed by atoms with Gasteiger partial charge in [-0.2, -0.15) is 0 Å². The molecule has 0 bridgehead atoms. The van der Waals surface area contributed by atoms with Crippen molar-refractivity contribution in [2.24, 2.45) is 0 Å². The number of aromatic nitrogens is 1. The Balaban J connectivity index is 1.89. The third-order valence-corrected chi connectivity index (χ3v) is 4.89. The quantitative estimate of drug-likeness (QED) is 0.750. The minimum absolute atomic E-state index is 0.00589. The fraction of sp³-hybridized carbons (Fsp3) is 0.118. The van der Waals surface area contributed by atoms with E-state index >= 15 is 0 Å². The predicted octanol–water partition coefficient (Wildman–Crippen LogP) is 3.09. The van der Waals surface area contributed by atoms with Crippen LogP contribution in [0, 0.1) is 11.6 Å². The summed E-state index contributed by atoms with van der Waals surface area (Å²) in [4.78, 5) is 18.1. The molecule has 25 heavy (non-hydrogen) atoms. The van der Waals surface area contributed by atoms with Gasteiger partial charge in [0.05, 0.1) is 16.2 Å². The Morgan fingerprint density at radius 3 is 2.80 bits per heavy atom. The van der Waals surface area contributed by atoms with Crippen molar-refractivity contribution in [1.29, 1.82) is 0 Å². The highest BCUT2D eigenvalue weighted by Crippen LogP contribution is 2.41. The van der Waals surface area contributed by atoms with Gasteiger partial charge in [-0.05, 0) is 11.6 Å². The largest absolute Gasteiger partial charge is 0.492 e. The monoisotopic (exact) mass is 362 g/mol. The SMILES string of the molecule is O=c1c2c3c(c(F)c(F)cc3c(O)n1OCc1ccccc1)SCN2. The van der Waals surface area contributed by atoms with E-state index in [-0.39, 0.29) is 33.8 Å². The van der Waals surface area contributed by atoms with Gasteiger partial charge in [0.1, 0.15) is 12.3 Å². The number of thioether (sulfide) groups is 1. The maximum atomic E-state index is 14.0. The second kappa shape index (κ2) is 5.96. The van der Waals surface area contributed by atoms with Gasteiger partial charge >= 0.3 is 5.56 Å². The highest BCUT2D eigenvalue weighted by molar-refractivity contribution is 7.99. The van der Waals surface area contributed by atoms with Crippen molar-refractivity contribution in [3.8, 4) is 5.88 Å². The molecule has 128 valence electrons. The van der Waals surface area contributed by atoms with Gasteiger partial charge in [0.15, 0.2) is 11.6 Å². The summed E-state index contributed by atoms with van der Waals surface area (Å²) in [6, 6.07) is 9.93. The lowest BCUT2D eigenvalue weighted by atomic mass is 10.1. The second-order valence-corrected chi connectivity index (χ2v) is 6.43. The molecule has 2 aromatic carbocycles. The van der Waals surface area contributed by atoms with E-state index in [1.807, 2.05) is 18.2 Å². The van der Waals surface area contributed by atoms with Crippen LogP contribution >= 0.6 is 11.8 Å². The average molecular weight is 362 g/mol. The zero-order valence-corrected chi connectivity index (χ0v) is 13.6. The molecule has 0 spiro atoms. The molecule has 1 aliphatic rings. The van der Waals surface area contributed by atoms with Gasteiger partial charge in [0.2, 0.25) is 5.88 Å². The third-order valence-electron chi connectivity index (χ3n) is 3.93. The number of aromatic hydroxyl groups is 1. The van der Waals surface area contributed by atoms with Crippen LogP contribution < -0.4 is 15.7 Å². The van der Waals surface area contributed by atoms with Crippen LogP contribution in [0.15, 0.2) is 46.1 Å². The third kappa shape index (κ3) is 2.49. The van der Waals surface area contributed by atoms with Crippen molar-refractivity contribution in [3.63, 3.8) is 0 Å². The molecule has 0 fully saturated rings. The van der Waals surface area contributed by atoms with Crippen molar-refractivity contribution < 1.29 is 18.7 Å². The van der Waals surface area contributed by atoms with E-state index in [2.05, 4.69) is 5.32 Å². The molecule has 0 radical (unpaired) electrons. The molecule has 3 aromatic rings. The molecular formula is C17H12F2N2O3S. The Bertz CT molecular complexity index is 1040. The second-order valence-electron chi connectivity index (χ2n) is 5.45. The minimum Gasteiger partial charge on any atom is -0.492 e. The number of halogens is 2. The first-order valence-corrected chi connectivity index (χ1v) is 8.40. The number of rotatable bonds is 3. The lowest BCUT2D eigenvalue weighted by Gasteiger charge is -2.21. The summed E-state index contributed by atoms with van der Waals surface area (Å²) >= 11 is 1.03. The van der Waals surface area contributed by atoms with E-state index in [9.17, 15) is 18.7 Å². The van der Waals surface area contributed by atoms with Crippen LogP contribution in [0.2, 0.25) is 0 Å². The fourth-order valence-electron chi connectivity index (χ4n) is 2.75. The molecule has 5 nitrogen and oxygen atoms in total. The molecule has 0 amide bonds. The lowest BCUT2D eigenvalue weighted by Crippen LogP contribution is -2.30. The Morgan fingerprint density at radius 1 is 1.28 bits per heavy atom. The number of hydrogen-bond acceptors (Lipinski definition) is 5. The highest BCUT2D eigenvalue weighted by Gasteiger charge is 2.27. The molecule has 0 atom stereocenters. The van der Waals surface area contributed by atoms with Crippen molar-refractivity contribution in [2.45, 2.75) is 11.5 Å². The Labute approximate surface area is 144 Å². The zero-order valence-electron chi connectivity index (χ0n) is 12.8. The van der Waals surface area contributed by atoms with Crippen LogP contribution in [0.4, 0.5) is 14.5 Å². The molecule has 2 heterocycles. The van der Waals surface area contributed by atoms with Crippen LogP contribution in [0.25, 0.3) is 10.8 Å². The summed E-state index contributed by atoms with van der Waals surface area (Å²) in [6.45, 7) is 0.0323. The molecule has 0 aliphatic carbocycles. The maximum Gasteiger partial charge on any atom is 0.310 e. The van der Waals surface area contributed by atoms with Crippen molar-refractivity contribution in [2.75, 3.05) is 11.2 Å². The van der Waals surface area contributed by atoms with E-state index in [0.717, 1.165) is 23.4 Å². The summed E-state index contributed by atoms with van der Waals surface area (Å²) in [5.74, 6) is -2.47. The van der Waals surface area contributed by atoms with Gasteiger partial charge in [-0.25, -0.2) is 8.78 Å². The molecule has 4 rings (SSSR count). The van der Waals surface area contributed by atoms with Crippen LogP contribution in [-0.4, -0.2) is 15.7 Å². The molecule has 0 unspecified atom stereocenters. The molecule has 1 aliphatic heterocycles. The molecular weight excluding hydrogens is 350 g/mol. The first kappa shape index (κ1) is 15.8. The van der Waals surface area contributed by atoms with Gasteiger partial charge in [-0.3, -0.25) is 4.79 Å². The number of benzene rings is 2. The predicted molar refractivity (Wildman–Crippen MR) is 90.9 cm³/mol. The Morgan fingerprint density at radius 2 is 2.04 bits per heavy atom. The van der Waals surface area contributed by atoms with Gasteiger partial charge in [0, 0.05) is 5.39 Å². The molecule has 0 saturated carbocycles. The maximum absolute atomic E-state index is 14.0.